The van der Waals surface area contributed by atoms with Gasteiger partial charge < -0.3 is 15.0 Å². The highest BCUT2D eigenvalue weighted by atomic mass is 16.5. The smallest absolute Gasteiger partial charge is 0.148 e. The highest BCUT2D eigenvalue weighted by Gasteiger charge is 2.55. The number of ether oxygens (including phenoxy) is 1. The van der Waals surface area contributed by atoms with E-state index in [0.717, 1.165) is 58.9 Å². The molecule has 2 aromatic heterocycles. The number of rotatable bonds is 5. The monoisotopic (exact) mass is 404 g/mol. The standard InChI is InChI=1S/C23H28N6O/c1-28-12-17-10-16(2-3-21(17)27-28)20-4-5-22(26-25-20)24-23-18-13-29(14-19(18)23)11-15-6-8-30-9-7-15/h2-5,10,12,15,18-19,23H,6-9,11,13-14H2,1H3,(H,24,26)/t18-,19?,23?/m1/s1. The van der Waals surface area contributed by atoms with Crippen LogP contribution in [0.5, 0.6) is 0 Å². The molecule has 0 amide bonds. The third kappa shape index (κ3) is 3.46. The summed E-state index contributed by atoms with van der Waals surface area (Å²) in [6.45, 7) is 5.58. The zero-order valence-electron chi connectivity index (χ0n) is 17.4. The second-order valence-corrected chi connectivity index (χ2v) is 9.15. The third-order valence-electron chi connectivity index (χ3n) is 7.02. The number of fused-ring (bicyclic) bond motifs is 2. The van der Waals surface area contributed by atoms with E-state index in [9.17, 15) is 0 Å². The lowest BCUT2D eigenvalue weighted by molar-refractivity contribution is 0.0540. The number of aryl methyl sites for hydroxylation is 1. The average Bonchev–Trinajstić information content (AvgIpc) is 3.08. The fraction of sp³-hybridized carbons (Fsp3) is 0.522. The van der Waals surface area contributed by atoms with Crippen molar-refractivity contribution in [1.29, 1.82) is 0 Å². The first-order chi connectivity index (χ1) is 14.7. The number of hydrogen-bond donors (Lipinski definition) is 1. The van der Waals surface area contributed by atoms with Crippen molar-refractivity contribution in [2.45, 2.75) is 18.9 Å². The highest BCUT2D eigenvalue weighted by Crippen LogP contribution is 2.47. The van der Waals surface area contributed by atoms with Crippen molar-refractivity contribution in [3.8, 4) is 11.3 Å². The number of aromatic nitrogens is 4. The van der Waals surface area contributed by atoms with Crippen LogP contribution in [0.3, 0.4) is 0 Å². The Balaban J connectivity index is 1.05. The van der Waals surface area contributed by atoms with Gasteiger partial charge in [-0.15, -0.1) is 10.2 Å². The Bertz CT molecular complexity index is 1030. The van der Waals surface area contributed by atoms with Crippen molar-refractivity contribution in [2.24, 2.45) is 24.8 Å². The summed E-state index contributed by atoms with van der Waals surface area (Å²) in [5.41, 5.74) is 2.96. The van der Waals surface area contributed by atoms with Crippen molar-refractivity contribution in [3.05, 3.63) is 36.5 Å². The van der Waals surface area contributed by atoms with Gasteiger partial charge >= 0.3 is 0 Å². The SMILES string of the molecule is Cn1cc2cc(-c3ccc(NC4C5CN(CC6CCOCC6)C[C@H]54)nn3)ccc2n1. The van der Waals surface area contributed by atoms with Crippen LogP contribution in [0, 0.1) is 17.8 Å². The van der Waals surface area contributed by atoms with Gasteiger partial charge in [0.1, 0.15) is 5.82 Å². The molecule has 3 fully saturated rings. The largest absolute Gasteiger partial charge is 0.381 e. The maximum absolute atomic E-state index is 5.49. The summed E-state index contributed by atoms with van der Waals surface area (Å²) in [5, 5.41) is 18.1. The highest BCUT2D eigenvalue weighted by molar-refractivity contribution is 5.83. The number of hydrogen-bond acceptors (Lipinski definition) is 6. The summed E-state index contributed by atoms with van der Waals surface area (Å²) in [6, 6.07) is 10.9. The van der Waals surface area contributed by atoms with E-state index < -0.39 is 0 Å². The summed E-state index contributed by atoms with van der Waals surface area (Å²) in [5.74, 6) is 3.24. The first-order valence-corrected chi connectivity index (χ1v) is 11.1. The predicted octanol–water partition coefficient (Wildman–Crippen LogP) is 2.80. The zero-order valence-corrected chi connectivity index (χ0v) is 17.4. The van der Waals surface area contributed by atoms with Crippen LogP contribution in [0.15, 0.2) is 36.5 Å². The molecule has 2 aliphatic heterocycles. The molecule has 0 radical (unpaired) electrons. The Kier molecular flexibility index (Phi) is 4.46. The second-order valence-electron chi connectivity index (χ2n) is 9.15. The van der Waals surface area contributed by atoms with Crippen molar-refractivity contribution >= 4 is 16.7 Å². The molecule has 0 bridgehead atoms. The lowest BCUT2D eigenvalue weighted by Gasteiger charge is -2.28. The fourth-order valence-electron chi connectivity index (χ4n) is 5.31. The van der Waals surface area contributed by atoms with Gasteiger partial charge in [-0.05, 0) is 54.9 Å². The molecule has 30 heavy (non-hydrogen) atoms. The van der Waals surface area contributed by atoms with Gasteiger partial charge in [0.15, 0.2) is 0 Å². The number of nitrogens with zero attached hydrogens (tertiary/aromatic N) is 5. The van der Waals surface area contributed by atoms with Crippen LogP contribution < -0.4 is 5.32 Å². The third-order valence-corrected chi connectivity index (χ3v) is 7.02. The van der Waals surface area contributed by atoms with Gasteiger partial charge in [-0.25, -0.2) is 0 Å². The predicted molar refractivity (Wildman–Crippen MR) is 116 cm³/mol. The summed E-state index contributed by atoms with van der Waals surface area (Å²) >= 11 is 0. The molecule has 1 N–H and O–H groups in total. The van der Waals surface area contributed by atoms with Gasteiger partial charge in [-0.3, -0.25) is 4.68 Å². The van der Waals surface area contributed by atoms with Crippen LogP contribution in [0.1, 0.15) is 12.8 Å². The van der Waals surface area contributed by atoms with E-state index >= 15 is 0 Å². The Labute approximate surface area is 176 Å². The number of nitrogens with one attached hydrogen (secondary N) is 1. The number of piperidine rings is 1. The second kappa shape index (κ2) is 7.32. The summed E-state index contributed by atoms with van der Waals surface area (Å²) in [7, 11) is 1.94. The first kappa shape index (κ1) is 18.3. The van der Waals surface area contributed by atoms with Crippen molar-refractivity contribution in [2.75, 3.05) is 38.2 Å². The van der Waals surface area contributed by atoms with Crippen LogP contribution in [0.2, 0.25) is 0 Å². The van der Waals surface area contributed by atoms with E-state index in [1.165, 1.54) is 32.5 Å². The molecule has 7 nitrogen and oxygen atoms in total. The maximum Gasteiger partial charge on any atom is 0.148 e. The first-order valence-electron chi connectivity index (χ1n) is 11.1. The fourth-order valence-corrected chi connectivity index (χ4v) is 5.31. The Hall–Kier alpha value is -2.51. The lowest BCUT2D eigenvalue weighted by atomic mass is 10.00. The van der Waals surface area contributed by atoms with Crippen LogP contribution in [0.4, 0.5) is 5.82 Å². The summed E-state index contributed by atoms with van der Waals surface area (Å²) in [4.78, 5) is 2.66. The lowest BCUT2D eigenvalue weighted by Crippen LogP contribution is -2.34. The van der Waals surface area contributed by atoms with Crippen LogP contribution in [0.25, 0.3) is 22.2 Å². The minimum Gasteiger partial charge on any atom is -0.381 e. The van der Waals surface area contributed by atoms with E-state index in [4.69, 9.17) is 4.74 Å². The van der Waals surface area contributed by atoms with E-state index in [0.29, 0.717) is 6.04 Å². The molecule has 2 unspecified atom stereocenters. The van der Waals surface area contributed by atoms with Gasteiger partial charge in [0.2, 0.25) is 0 Å². The van der Waals surface area contributed by atoms with E-state index in [2.05, 4.69) is 49.8 Å². The number of anilines is 1. The molecule has 156 valence electrons. The van der Waals surface area contributed by atoms with Crippen LogP contribution in [-0.2, 0) is 11.8 Å². The average molecular weight is 405 g/mol. The molecule has 7 heteroatoms. The van der Waals surface area contributed by atoms with Gasteiger partial charge in [-0.2, -0.15) is 5.10 Å². The Morgan fingerprint density at radius 1 is 1.07 bits per heavy atom. The minimum absolute atomic E-state index is 0.558. The molecule has 1 saturated carbocycles. The molecule has 6 rings (SSSR count). The normalized spacial score (nSPS) is 26.8. The number of likely N-dealkylation sites (tertiary alicyclic amines) is 1. The van der Waals surface area contributed by atoms with Crippen molar-refractivity contribution in [3.63, 3.8) is 0 Å². The molecule has 1 aromatic carbocycles. The van der Waals surface area contributed by atoms with Crippen LogP contribution >= 0.6 is 0 Å². The van der Waals surface area contributed by atoms with Gasteiger partial charge in [0, 0.05) is 63.1 Å². The Morgan fingerprint density at radius 2 is 1.90 bits per heavy atom. The maximum atomic E-state index is 5.49. The molecule has 3 aromatic rings. The van der Waals surface area contributed by atoms with Gasteiger partial charge in [-0.1, -0.05) is 6.07 Å². The Morgan fingerprint density at radius 3 is 2.67 bits per heavy atom. The van der Waals surface area contributed by atoms with E-state index in [-0.39, 0.29) is 0 Å². The molecule has 0 spiro atoms. The molecular formula is C23H28N6O. The molecule has 4 heterocycles. The molecule has 3 aliphatic rings. The quantitative estimate of drug-likeness (QED) is 0.705. The topological polar surface area (TPSA) is 68.1 Å². The molecular weight excluding hydrogens is 376 g/mol. The van der Waals surface area contributed by atoms with Gasteiger partial charge in [0.05, 0.1) is 11.2 Å². The number of benzene rings is 1. The van der Waals surface area contributed by atoms with Gasteiger partial charge in [0.25, 0.3) is 0 Å². The molecule has 2 saturated heterocycles. The zero-order chi connectivity index (χ0) is 20.1. The molecule has 1 aliphatic carbocycles. The van der Waals surface area contributed by atoms with E-state index in [1.807, 2.05) is 24.0 Å². The summed E-state index contributed by atoms with van der Waals surface area (Å²) in [6.07, 6.45) is 4.48. The summed E-state index contributed by atoms with van der Waals surface area (Å²) < 4.78 is 7.33. The van der Waals surface area contributed by atoms with Crippen LogP contribution in [-0.4, -0.2) is 63.8 Å². The van der Waals surface area contributed by atoms with E-state index in [1.54, 1.807) is 0 Å². The van der Waals surface area contributed by atoms with Crippen molar-refractivity contribution in [1.82, 2.24) is 24.9 Å². The molecule has 3 atom stereocenters. The minimum atomic E-state index is 0.558. The van der Waals surface area contributed by atoms with Crippen molar-refractivity contribution < 1.29 is 4.74 Å².